The minimum Gasteiger partial charge on any atom is -0.453 e. The molecule has 2 aromatic carbocycles. The van der Waals surface area contributed by atoms with Crippen LogP contribution in [0.1, 0.15) is 81.9 Å². The number of ether oxygens (including phenoxy) is 2. The van der Waals surface area contributed by atoms with E-state index in [1.807, 2.05) is 50.2 Å². The fourth-order valence-corrected chi connectivity index (χ4v) is 8.32. The van der Waals surface area contributed by atoms with Crippen LogP contribution in [-0.4, -0.2) is 99.1 Å². The van der Waals surface area contributed by atoms with Crippen molar-refractivity contribution >= 4 is 24.0 Å². The number of aromatic nitrogens is 4. The van der Waals surface area contributed by atoms with Crippen LogP contribution in [0.15, 0.2) is 48.7 Å². The first kappa shape index (κ1) is 40.4. The smallest absolute Gasteiger partial charge is 0.407 e. The van der Waals surface area contributed by atoms with E-state index in [4.69, 9.17) is 9.72 Å². The average Bonchev–Trinajstić information content (AvgIpc) is 4.03. The molecule has 0 radical (unpaired) electrons. The van der Waals surface area contributed by atoms with Gasteiger partial charge in [-0.3, -0.25) is 9.59 Å². The standard InChI is InChI=1S/C42H50F2N8O6/c1-22(2)33(49-40(55)57-5)38(53)51-17-7-8-31(51)36-45-20-30(47-36)25-11-9-24(10-12-25)26-13-15-28-27(18-26)14-16-29-35(28)48-37(46-29)32-19-42(43,44)21-52(32)39(54)34(23(3)4)50-41(56)58-6/h9-13,15,18,20,22-23,31-34H,7-8,14,16-17,19,21H2,1-6H3,(H,45,47)(H,46,48)(H,49,55)(H,50,56)/t31-,32-,33-,34?/m0/s1. The SMILES string of the molecule is COC(=O)NC(C(=O)N1CC(F)(F)C[C@H]1c1nc2c([nH]1)CCc1cc(-c3ccc(-c4cnc([C@@H]5CCCN5C(=O)[C@@H](NC(=O)OC)C(C)C)[nH]4)cc3)ccc1-2)C(C)C. The second kappa shape index (κ2) is 16.2. The highest BCUT2D eigenvalue weighted by Gasteiger charge is 2.50. The Balaban J connectivity index is 1.07. The van der Waals surface area contributed by atoms with E-state index in [1.54, 1.807) is 24.9 Å². The molecule has 3 aliphatic rings. The van der Waals surface area contributed by atoms with Gasteiger partial charge in [-0.15, -0.1) is 0 Å². The lowest BCUT2D eigenvalue weighted by atomic mass is 9.89. The number of carbonyl (C=O) groups is 4. The summed E-state index contributed by atoms with van der Waals surface area (Å²) >= 11 is 0. The fourth-order valence-electron chi connectivity index (χ4n) is 8.32. The van der Waals surface area contributed by atoms with Crippen LogP contribution in [0.3, 0.4) is 0 Å². The van der Waals surface area contributed by atoms with Gasteiger partial charge in [0.2, 0.25) is 11.8 Å². The highest BCUT2D eigenvalue weighted by Crippen LogP contribution is 2.43. The number of benzene rings is 2. The number of likely N-dealkylation sites (tertiary alicyclic amines) is 2. The number of halogens is 2. The largest absolute Gasteiger partial charge is 0.453 e. The van der Waals surface area contributed by atoms with Crippen LogP contribution < -0.4 is 10.6 Å². The number of nitrogens with one attached hydrogen (secondary N) is 4. The van der Waals surface area contributed by atoms with E-state index < -0.39 is 55.1 Å². The third kappa shape index (κ3) is 8.01. The Morgan fingerprint density at radius 1 is 0.810 bits per heavy atom. The summed E-state index contributed by atoms with van der Waals surface area (Å²) in [5.74, 6) is -3.40. The Hall–Kier alpha value is -5.80. The molecule has 2 fully saturated rings. The summed E-state index contributed by atoms with van der Waals surface area (Å²) in [7, 11) is 2.46. The lowest BCUT2D eigenvalue weighted by Crippen LogP contribution is -2.51. The molecule has 0 bridgehead atoms. The number of aryl methyl sites for hydroxylation is 2. The van der Waals surface area contributed by atoms with Crippen molar-refractivity contribution in [1.29, 1.82) is 0 Å². The van der Waals surface area contributed by atoms with Crippen LogP contribution >= 0.6 is 0 Å². The number of hydrogen-bond donors (Lipinski definition) is 4. The van der Waals surface area contributed by atoms with E-state index in [0.29, 0.717) is 36.7 Å². The lowest BCUT2D eigenvalue weighted by Gasteiger charge is -2.30. The van der Waals surface area contributed by atoms with E-state index in [0.717, 1.165) is 56.9 Å². The van der Waals surface area contributed by atoms with Crippen molar-refractivity contribution in [2.45, 2.75) is 89.9 Å². The lowest BCUT2D eigenvalue weighted by molar-refractivity contribution is -0.137. The molecular formula is C42H50F2N8O6. The van der Waals surface area contributed by atoms with Crippen LogP contribution in [0.4, 0.5) is 18.4 Å². The molecule has 1 unspecified atom stereocenters. The first-order valence-electron chi connectivity index (χ1n) is 19.7. The Labute approximate surface area is 335 Å². The van der Waals surface area contributed by atoms with Gasteiger partial charge in [0.05, 0.1) is 50.4 Å². The maximum absolute atomic E-state index is 14.9. The molecule has 16 heteroatoms. The summed E-state index contributed by atoms with van der Waals surface area (Å²) in [6, 6.07) is 11.3. The number of H-pyrrole nitrogens is 2. The molecule has 2 aliphatic heterocycles. The van der Waals surface area contributed by atoms with Crippen molar-refractivity contribution in [3.05, 3.63) is 71.6 Å². The fraction of sp³-hybridized carbons (Fsp3) is 0.476. The zero-order valence-electron chi connectivity index (χ0n) is 33.5. The number of methoxy groups -OCH3 is 2. The van der Waals surface area contributed by atoms with Crippen LogP contribution in [0, 0.1) is 11.8 Å². The van der Waals surface area contributed by atoms with Crippen LogP contribution in [-0.2, 0) is 31.9 Å². The Kier molecular flexibility index (Phi) is 11.3. The number of amides is 4. The summed E-state index contributed by atoms with van der Waals surface area (Å²) < 4.78 is 39.3. The van der Waals surface area contributed by atoms with Gasteiger partial charge in [-0.05, 0) is 59.8 Å². The van der Waals surface area contributed by atoms with E-state index >= 15 is 0 Å². The second-order valence-corrected chi connectivity index (χ2v) is 16.0. The Morgan fingerprint density at radius 2 is 1.43 bits per heavy atom. The van der Waals surface area contributed by atoms with Crippen molar-refractivity contribution in [2.24, 2.45) is 11.8 Å². The minimum absolute atomic E-state index is 0.128. The molecule has 0 spiro atoms. The van der Waals surface area contributed by atoms with Gasteiger partial charge in [0.1, 0.15) is 23.7 Å². The van der Waals surface area contributed by atoms with Crippen LogP contribution in [0.5, 0.6) is 0 Å². The molecule has 4 atom stereocenters. The number of nitrogens with zero attached hydrogens (tertiary/aromatic N) is 4. The van der Waals surface area contributed by atoms with E-state index in [2.05, 4.69) is 36.4 Å². The number of fused-ring (bicyclic) bond motifs is 3. The average molecular weight is 801 g/mol. The van der Waals surface area contributed by atoms with Crippen molar-refractivity contribution < 1.29 is 37.4 Å². The monoisotopic (exact) mass is 800 g/mol. The number of imidazole rings is 2. The maximum Gasteiger partial charge on any atom is 0.407 e. The Morgan fingerprint density at radius 3 is 2.07 bits per heavy atom. The summed E-state index contributed by atoms with van der Waals surface area (Å²) in [6.07, 6.45) is 2.66. The maximum atomic E-state index is 14.9. The number of aromatic amines is 2. The van der Waals surface area contributed by atoms with Crippen molar-refractivity contribution in [3.63, 3.8) is 0 Å². The minimum atomic E-state index is -3.12. The van der Waals surface area contributed by atoms with Gasteiger partial charge in [0.15, 0.2) is 0 Å². The predicted octanol–water partition coefficient (Wildman–Crippen LogP) is 6.57. The highest BCUT2D eigenvalue weighted by atomic mass is 19.3. The van der Waals surface area contributed by atoms with Crippen molar-refractivity contribution in [2.75, 3.05) is 27.3 Å². The van der Waals surface area contributed by atoms with E-state index in [-0.39, 0.29) is 23.8 Å². The molecule has 1 aliphatic carbocycles. The molecule has 4 aromatic rings. The third-order valence-electron chi connectivity index (χ3n) is 11.4. The number of carbonyl (C=O) groups excluding carboxylic acids is 4. The topological polar surface area (TPSA) is 175 Å². The van der Waals surface area contributed by atoms with Crippen molar-refractivity contribution in [1.82, 2.24) is 40.4 Å². The molecule has 308 valence electrons. The van der Waals surface area contributed by atoms with Gasteiger partial charge in [-0.2, -0.15) is 0 Å². The highest BCUT2D eigenvalue weighted by molar-refractivity contribution is 5.87. The van der Waals surface area contributed by atoms with Gasteiger partial charge in [-0.25, -0.2) is 28.3 Å². The number of alkyl halides is 2. The predicted molar refractivity (Wildman–Crippen MR) is 210 cm³/mol. The molecule has 7 rings (SSSR count). The summed E-state index contributed by atoms with van der Waals surface area (Å²) in [5, 5.41) is 5.19. The molecule has 4 heterocycles. The second-order valence-electron chi connectivity index (χ2n) is 16.0. The van der Waals surface area contributed by atoms with Gasteiger partial charge in [0.25, 0.3) is 5.92 Å². The molecule has 4 amide bonds. The molecule has 2 saturated heterocycles. The summed E-state index contributed by atoms with van der Waals surface area (Å²) in [5.41, 5.74) is 7.28. The van der Waals surface area contributed by atoms with Gasteiger partial charge < -0.3 is 39.9 Å². The molecule has 0 saturated carbocycles. The molecule has 14 nitrogen and oxygen atoms in total. The normalized spacial score (nSPS) is 19.4. The number of hydrogen-bond acceptors (Lipinski definition) is 8. The Bertz CT molecular complexity index is 2180. The summed E-state index contributed by atoms with van der Waals surface area (Å²) in [6.45, 7) is 7.03. The zero-order valence-corrected chi connectivity index (χ0v) is 33.5. The first-order chi connectivity index (χ1) is 27.7. The number of rotatable bonds is 10. The van der Waals surface area contributed by atoms with Gasteiger partial charge in [0, 0.05) is 24.2 Å². The summed E-state index contributed by atoms with van der Waals surface area (Å²) in [4.78, 5) is 70.3. The van der Waals surface area contributed by atoms with Crippen LogP contribution in [0.25, 0.3) is 33.6 Å². The number of alkyl carbamates (subject to hydrolysis) is 2. The molecule has 4 N–H and O–H groups in total. The van der Waals surface area contributed by atoms with E-state index in [9.17, 15) is 28.0 Å². The molecule has 58 heavy (non-hydrogen) atoms. The third-order valence-corrected chi connectivity index (χ3v) is 11.4. The van der Waals surface area contributed by atoms with E-state index in [1.165, 1.54) is 14.2 Å². The van der Waals surface area contributed by atoms with Gasteiger partial charge >= 0.3 is 12.2 Å². The molecular weight excluding hydrogens is 751 g/mol. The van der Waals surface area contributed by atoms with Gasteiger partial charge in [-0.1, -0.05) is 70.2 Å². The quantitative estimate of drug-likeness (QED) is 0.139. The van der Waals surface area contributed by atoms with Crippen LogP contribution in [0.2, 0.25) is 0 Å². The zero-order chi connectivity index (χ0) is 41.5. The molecule has 2 aromatic heterocycles. The van der Waals surface area contributed by atoms with Crippen molar-refractivity contribution in [3.8, 4) is 33.6 Å². The first-order valence-corrected chi connectivity index (χ1v) is 19.7.